The summed E-state index contributed by atoms with van der Waals surface area (Å²) in [4.78, 5) is 0. The lowest BCUT2D eigenvalue weighted by Crippen LogP contribution is -2.69. The van der Waals surface area contributed by atoms with Crippen LogP contribution in [0.3, 0.4) is 0 Å². The molecule has 3 aromatic carbocycles. The topological polar surface area (TPSA) is 18.5 Å². The molecule has 0 aromatic heterocycles. The lowest BCUT2D eigenvalue weighted by molar-refractivity contribution is 0.361. The average Bonchev–Trinajstić information content (AvgIpc) is 2.86. The van der Waals surface area contributed by atoms with E-state index < -0.39 is 24.7 Å². The maximum Gasteiger partial charge on any atom is 0.241 e. The van der Waals surface area contributed by atoms with Crippen molar-refractivity contribution in [1.29, 1.82) is 0 Å². The van der Waals surface area contributed by atoms with Gasteiger partial charge in [0.25, 0.3) is 0 Å². The van der Waals surface area contributed by atoms with E-state index in [0.717, 1.165) is 24.0 Å². The molecule has 0 radical (unpaired) electrons. The van der Waals surface area contributed by atoms with E-state index in [9.17, 15) is 0 Å². The summed E-state index contributed by atoms with van der Waals surface area (Å²) in [7, 11) is -6.26. The Bertz CT molecular complexity index is 1090. The number of rotatable bonds is 12. The fourth-order valence-corrected chi connectivity index (χ4v) is 12.5. The molecule has 0 amide bonds. The summed E-state index contributed by atoms with van der Waals surface area (Å²) in [6.07, 6.45) is 6.55. The third-order valence-corrected chi connectivity index (χ3v) is 12.8. The maximum absolute atomic E-state index is 7.12. The quantitative estimate of drug-likeness (QED) is 0.0986. The van der Waals surface area contributed by atoms with Gasteiger partial charge in [0.15, 0.2) is 0 Å². The molecule has 0 atom stereocenters. The second-order valence-electron chi connectivity index (χ2n) is 12.2. The fraction of sp³-hybridized carbons (Fsp3) is 0.333. The Balaban J connectivity index is 2.20. The molecule has 0 spiro atoms. The van der Waals surface area contributed by atoms with Gasteiger partial charge in [0, 0.05) is 5.92 Å². The van der Waals surface area contributed by atoms with Crippen molar-refractivity contribution in [3.05, 3.63) is 114 Å². The van der Waals surface area contributed by atoms with Gasteiger partial charge in [-0.2, -0.15) is 0 Å². The monoisotopic (exact) mass is 558 g/mol. The van der Waals surface area contributed by atoms with Crippen molar-refractivity contribution in [1.82, 2.24) is 0 Å². The van der Waals surface area contributed by atoms with Gasteiger partial charge in [-0.25, -0.2) is 0 Å². The summed E-state index contributed by atoms with van der Waals surface area (Å²) in [6.45, 7) is 18.1. The Labute approximate surface area is 234 Å². The molecule has 3 rings (SSSR count). The van der Waals surface area contributed by atoms with Crippen molar-refractivity contribution >= 4 is 40.3 Å². The van der Waals surface area contributed by atoms with Crippen LogP contribution in [-0.4, -0.2) is 24.7 Å². The second kappa shape index (κ2) is 13.0. The Kier molecular flexibility index (Phi) is 10.2. The van der Waals surface area contributed by atoms with Crippen LogP contribution in [0.15, 0.2) is 114 Å². The van der Waals surface area contributed by atoms with Crippen molar-refractivity contribution in [3.63, 3.8) is 0 Å². The van der Waals surface area contributed by atoms with E-state index in [1.807, 2.05) is 0 Å². The summed E-state index contributed by atoms with van der Waals surface area (Å²) in [5, 5.41) is 5.21. The SMILES string of the molecule is CC(C)/C(=C\CC/C=C(\O[Si](C)(C)C)[Si](c1ccccc1)(c1ccccc1)c1ccccc1)O[Si](C)(C)C. The predicted octanol–water partition coefficient (Wildman–Crippen LogP) is 7.60. The third kappa shape index (κ3) is 7.95. The zero-order valence-corrected chi connectivity index (χ0v) is 27.6. The van der Waals surface area contributed by atoms with Crippen molar-refractivity contribution in [2.45, 2.75) is 66.0 Å². The predicted molar refractivity (Wildman–Crippen MR) is 173 cm³/mol. The van der Waals surface area contributed by atoms with E-state index in [2.05, 4.69) is 156 Å². The van der Waals surface area contributed by atoms with E-state index in [1.54, 1.807) is 0 Å². The molecule has 0 saturated carbocycles. The highest BCUT2D eigenvalue weighted by atomic mass is 28.4. The van der Waals surface area contributed by atoms with E-state index in [1.165, 1.54) is 15.6 Å². The van der Waals surface area contributed by atoms with Gasteiger partial charge in [-0.3, -0.25) is 0 Å². The first-order valence-electron chi connectivity index (χ1n) is 13.9. The van der Waals surface area contributed by atoms with Gasteiger partial charge >= 0.3 is 0 Å². The first-order valence-corrected chi connectivity index (χ1v) is 22.7. The van der Waals surface area contributed by atoms with Crippen LogP contribution in [0.25, 0.3) is 0 Å². The number of hydrogen-bond acceptors (Lipinski definition) is 2. The highest BCUT2D eigenvalue weighted by Crippen LogP contribution is 2.25. The van der Waals surface area contributed by atoms with Gasteiger partial charge in [-0.05, 0) is 73.8 Å². The number of allylic oxidation sites excluding steroid dienone is 3. The van der Waals surface area contributed by atoms with Crippen LogP contribution in [0.2, 0.25) is 39.3 Å². The molecular weight excluding hydrogens is 513 g/mol. The van der Waals surface area contributed by atoms with Crippen molar-refractivity contribution < 1.29 is 8.85 Å². The van der Waals surface area contributed by atoms with Crippen LogP contribution in [0, 0.1) is 5.92 Å². The minimum absolute atomic E-state index is 0.384. The highest BCUT2D eigenvalue weighted by Gasteiger charge is 2.45. The molecule has 2 nitrogen and oxygen atoms in total. The average molecular weight is 559 g/mol. The summed E-state index contributed by atoms with van der Waals surface area (Å²) >= 11 is 0. The van der Waals surface area contributed by atoms with Crippen molar-refractivity contribution in [2.24, 2.45) is 5.92 Å². The van der Waals surface area contributed by atoms with Gasteiger partial charge in [0.05, 0.1) is 11.1 Å². The Hall–Kier alpha value is -2.61. The van der Waals surface area contributed by atoms with E-state index in [0.29, 0.717) is 5.92 Å². The van der Waals surface area contributed by atoms with Crippen LogP contribution in [0.4, 0.5) is 0 Å². The molecule has 0 fully saturated rings. The molecule has 3 aromatic rings. The van der Waals surface area contributed by atoms with E-state index in [4.69, 9.17) is 8.85 Å². The normalized spacial score (nSPS) is 13.5. The van der Waals surface area contributed by atoms with Gasteiger partial charge < -0.3 is 8.85 Å². The number of unbranched alkanes of at least 4 members (excludes halogenated alkanes) is 1. The molecular formula is C33H46O2Si3. The summed E-state index contributed by atoms with van der Waals surface area (Å²) in [5.41, 5.74) is 0. The van der Waals surface area contributed by atoms with Gasteiger partial charge in [0.2, 0.25) is 24.7 Å². The smallest absolute Gasteiger partial charge is 0.241 e. The van der Waals surface area contributed by atoms with Gasteiger partial charge in [-0.1, -0.05) is 111 Å². The lowest BCUT2D eigenvalue weighted by Gasteiger charge is -2.38. The molecule has 0 aliphatic rings. The highest BCUT2D eigenvalue weighted by molar-refractivity contribution is 7.16. The Morgan fingerprint density at radius 3 is 1.29 bits per heavy atom. The van der Waals surface area contributed by atoms with Crippen molar-refractivity contribution in [3.8, 4) is 0 Å². The molecule has 0 heterocycles. The second-order valence-corrected chi connectivity index (χ2v) is 24.8. The van der Waals surface area contributed by atoms with Crippen molar-refractivity contribution in [2.75, 3.05) is 0 Å². The van der Waals surface area contributed by atoms with E-state index in [-0.39, 0.29) is 0 Å². The molecule has 202 valence electrons. The van der Waals surface area contributed by atoms with Gasteiger partial charge in [-0.15, -0.1) is 0 Å². The molecule has 0 saturated heterocycles. The molecule has 0 bridgehead atoms. The first-order chi connectivity index (χ1) is 17.9. The van der Waals surface area contributed by atoms with Crippen LogP contribution in [0.1, 0.15) is 26.7 Å². The molecule has 0 aliphatic heterocycles. The van der Waals surface area contributed by atoms with E-state index >= 15 is 0 Å². The zero-order chi connectivity index (χ0) is 27.8. The molecule has 5 heteroatoms. The maximum atomic E-state index is 7.12. The number of hydrogen-bond donors (Lipinski definition) is 0. The lowest BCUT2D eigenvalue weighted by atomic mass is 10.1. The van der Waals surface area contributed by atoms with Gasteiger partial charge in [0.1, 0.15) is 0 Å². The summed E-state index contributed by atoms with van der Waals surface area (Å²) < 4.78 is 13.5. The van der Waals surface area contributed by atoms with Crippen LogP contribution >= 0.6 is 0 Å². The number of benzene rings is 3. The Morgan fingerprint density at radius 2 is 0.947 bits per heavy atom. The van der Waals surface area contributed by atoms with Crippen LogP contribution in [-0.2, 0) is 8.85 Å². The molecule has 38 heavy (non-hydrogen) atoms. The molecule has 0 unspecified atom stereocenters. The largest absolute Gasteiger partial charge is 0.550 e. The Morgan fingerprint density at radius 1 is 0.579 bits per heavy atom. The third-order valence-electron chi connectivity index (χ3n) is 6.24. The fourth-order valence-electron chi connectivity index (χ4n) is 4.78. The minimum Gasteiger partial charge on any atom is -0.550 e. The first kappa shape index (κ1) is 29.9. The summed E-state index contributed by atoms with van der Waals surface area (Å²) in [6, 6.07) is 33.1. The van der Waals surface area contributed by atoms with Crippen LogP contribution < -0.4 is 15.6 Å². The summed E-state index contributed by atoms with van der Waals surface area (Å²) in [5.74, 6) is 1.51. The minimum atomic E-state index is -2.67. The standard InChI is InChI=1S/C33H46O2Si3/c1-28(2)32(34-36(3,4)5)26-18-19-27-33(35-37(6,7)8)38(29-20-12-9-13-21-29,30-22-14-10-15-23-30)31-24-16-11-17-25-31/h9-17,20-28H,18-19H2,1-8H3/b32-26+,33-27+. The molecule has 0 N–H and O–H groups in total. The molecule has 0 aliphatic carbocycles. The van der Waals surface area contributed by atoms with Crippen LogP contribution in [0.5, 0.6) is 0 Å². The zero-order valence-electron chi connectivity index (χ0n) is 24.6.